The van der Waals surface area contributed by atoms with E-state index in [-0.39, 0.29) is 11.0 Å². The summed E-state index contributed by atoms with van der Waals surface area (Å²) < 4.78 is 19.4. The number of nitrogens with two attached hydrogens (primary N) is 2. The van der Waals surface area contributed by atoms with Crippen LogP contribution in [0.15, 0.2) is 30.3 Å². The van der Waals surface area contributed by atoms with Crippen LogP contribution >= 0.6 is 11.6 Å². The first-order chi connectivity index (χ1) is 13.5. The zero-order valence-electron chi connectivity index (χ0n) is 15.3. The van der Waals surface area contributed by atoms with Crippen LogP contribution in [0.25, 0.3) is 22.2 Å². The van der Waals surface area contributed by atoms with Crippen LogP contribution in [-0.4, -0.2) is 41.1 Å². The Balaban J connectivity index is 1.62. The summed E-state index contributed by atoms with van der Waals surface area (Å²) in [6.07, 6.45) is 2.21. The van der Waals surface area contributed by atoms with Gasteiger partial charge in [0.2, 0.25) is 5.95 Å². The van der Waals surface area contributed by atoms with Crippen LogP contribution in [0.2, 0.25) is 5.02 Å². The fourth-order valence-electron chi connectivity index (χ4n) is 3.26. The molecule has 1 saturated heterocycles. The fourth-order valence-corrected chi connectivity index (χ4v) is 3.44. The van der Waals surface area contributed by atoms with Crippen molar-refractivity contribution in [1.82, 2.24) is 14.9 Å². The third-order valence-electron chi connectivity index (χ3n) is 4.86. The zero-order chi connectivity index (χ0) is 19.7. The number of hydrogen-bond donors (Lipinski definition) is 2. The van der Waals surface area contributed by atoms with E-state index in [0.717, 1.165) is 13.0 Å². The summed E-state index contributed by atoms with van der Waals surface area (Å²) in [5.74, 6) is 0.180. The Labute approximate surface area is 167 Å². The highest BCUT2D eigenvalue weighted by molar-refractivity contribution is 6.31. The van der Waals surface area contributed by atoms with Crippen molar-refractivity contribution < 1.29 is 9.13 Å². The van der Waals surface area contributed by atoms with Crippen molar-refractivity contribution in [2.75, 3.05) is 37.7 Å². The van der Waals surface area contributed by atoms with E-state index in [1.165, 1.54) is 31.6 Å². The molecular weight excluding hydrogens is 381 g/mol. The lowest BCUT2D eigenvalue weighted by Gasteiger charge is -2.30. The summed E-state index contributed by atoms with van der Waals surface area (Å²) >= 11 is 5.92. The van der Waals surface area contributed by atoms with Gasteiger partial charge in [0, 0.05) is 23.6 Å². The average molecular weight is 402 g/mol. The van der Waals surface area contributed by atoms with Crippen molar-refractivity contribution in [3.63, 3.8) is 0 Å². The number of nitrogen functional groups attached to an aromatic ring is 2. The Morgan fingerprint density at radius 3 is 2.68 bits per heavy atom. The van der Waals surface area contributed by atoms with Gasteiger partial charge in [-0.2, -0.15) is 0 Å². The maximum Gasteiger partial charge on any atom is 0.221 e. The molecule has 0 spiro atoms. The number of benzene rings is 2. The van der Waals surface area contributed by atoms with Gasteiger partial charge in [-0.1, -0.05) is 11.6 Å². The van der Waals surface area contributed by atoms with Crippen molar-refractivity contribution in [3.05, 3.63) is 41.2 Å². The fraction of sp³-hybridized carbons (Fsp3) is 0.300. The quantitative estimate of drug-likeness (QED) is 0.483. The van der Waals surface area contributed by atoms with Crippen molar-refractivity contribution in [3.8, 4) is 17.0 Å². The van der Waals surface area contributed by atoms with Gasteiger partial charge in [-0.3, -0.25) is 0 Å². The van der Waals surface area contributed by atoms with Gasteiger partial charge < -0.3 is 21.1 Å². The standard InChI is InChI=1S/C20H21ClFN5O/c21-14-9-12(3-4-15(14)22)19-13-10-16(23)18(11-17(13)25-20(24)26-19)28-8-2-7-27-5-1-6-27/h3-4,9-11H,1-2,5-8,23H2,(H2,24,25,26). The lowest BCUT2D eigenvalue weighted by atomic mass is 10.1. The summed E-state index contributed by atoms with van der Waals surface area (Å²) in [5.41, 5.74) is 14.4. The number of fused-ring (bicyclic) bond motifs is 1. The number of likely N-dealkylation sites (tertiary alicyclic amines) is 1. The molecule has 0 bridgehead atoms. The predicted molar refractivity (Wildman–Crippen MR) is 110 cm³/mol. The minimum absolute atomic E-state index is 0.0120. The molecule has 0 amide bonds. The van der Waals surface area contributed by atoms with E-state index in [4.69, 9.17) is 27.8 Å². The molecule has 1 aliphatic rings. The molecule has 2 aromatic carbocycles. The Bertz CT molecular complexity index is 1030. The Morgan fingerprint density at radius 2 is 1.96 bits per heavy atom. The average Bonchev–Trinajstić information content (AvgIpc) is 2.62. The lowest BCUT2D eigenvalue weighted by Crippen LogP contribution is -2.38. The van der Waals surface area contributed by atoms with Gasteiger partial charge in [0.1, 0.15) is 11.6 Å². The maximum absolute atomic E-state index is 13.5. The van der Waals surface area contributed by atoms with Gasteiger partial charge in [0.15, 0.2) is 0 Å². The van der Waals surface area contributed by atoms with Gasteiger partial charge in [0.25, 0.3) is 0 Å². The molecule has 8 heteroatoms. The number of rotatable bonds is 6. The summed E-state index contributed by atoms with van der Waals surface area (Å²) in [6, 6.07) is 7.92. The molecule has 0 saturated carbocycles. The molecule has 2 heterocycles. The van der Waals surface area contributed by atoms with E-state index >= 15 is 0 Å². The number of anilines is 2. The minimum atomic E-state index is -0.495. The van der Waals surface area contributed by atoms with Gasteiger partial charge in [0.05, 0.1) is 28.5 Å². The van der Waals surface area contributed by atoms with Crippen molar-refractivity contribution in [2.24, 2.45) is 0 Å². The maximum atomic E-state index is 13.5. The number of halogens is 2. The normalized spacial score (nSPS) is 14.2. The van der Waals surface area contributed by atoms with E-state index in [0.29, 0.717) is 40.2 Å². The first-order valence-electron chi connectivity index (χ1n) is 9.18. The molecule has 3 aromatic rings. The van der Waals surface area contributed by atoms with Gasteiger partial charge in [-0.05, 0) is 50.2 Å². The second-order valence-electron chi connectivity index (χ2n) is 6.86. The third kappa shape index (κ3) is 3.81. The highest BCUT2D eigenvalue weighted by Crippen LogP contribution is 2.34. The predicted octanol–water partition coefficient (Wildman–Crippen LogP) is 3.73. The highest BCUT2D eigenvalue weighted by atomic mass is 35.5. The Hall–Kier alpha value is -2.64. The van der Waals surface area contributed by atoms with Crippen LogP contribution in [-0.2, 0) is 0 Å². The molecule has 4 N–H and O–H groups in total. The summed E-state index contributed by atoms with van der Waals surface area (Å²) in [6.45, 7) is 3.94. The van der Waals surface area contributed by atoms with Crippen LogP contribution < -0.4 is 16.2 Å². The van der Waals surface area contributed by atoms with Crippen molar-refractivity contribution in [1.29, 1.82) is 0 Å². The molecule has 1 aliphatic heterocycles. The number of hydrogen-bond acceptors (Lipinski definition) is 6. The van der Waals surface area contributed by atoms with Crippen LogP contribution in [0.4, 0.5) is 16.0 Å². The molecular formula is C20H21ClFN5O. The number of aromatic nitrogens is 2. The zero-order valence-corrected chi connectivity index (χ0v) is 16.0. The van der Waals surface area contributed by atoms with E-state index < -0.39 is 5.82 Å². The Kier molecular flexibility index (Phi) is 5.19. The summed E-state index contributed by atoms with van der Waals surface area (Å²) in [4.78, 5) is 11.0. The van der Waals surface area contributed by atoms with Crippen LogP contribution in [0.1, 0.15) is 12.8 Å². The number of ether oxygens (including phenoxy) is 1. The SMILES string of the molecule is Nc1nc(-c2ccc(F)c(Cl)c2)c2cc(N)c(OCCCN3CCC3)cc2n1. The molecule has 0 unspecified atom stereocenters. The summed E-state index contributed by atoms with van der Waals surface area (Å²) in [7, 11) is 0. The van der Waals surface area contributed by atoms with Gasteiger partial charge >= 0.3 is 0 Å². The largest absolute Gasteiger partial charge is 0.491 e. The topological polar surface area (TPSA) is 90.3 Å². The van der Waals surface area contributed by atoms with Gasteiger partial charge in [-0.15, -0.1) is 0 Å². The van der Waals surface area contributed by atoms with Crippen molar-refractivity contribution >= 4 is 34.1 Å². The highest BCUT2D eigenvalue weighted by Gasteiger charge is 2.15. The third-order valence-corrected chi connectivity index (χ3v) is 5.15. The first-order valence-corrected chi connectivity index (χ1v) is 9.56. The summed E-state index contributed by atoms with van der Waals surface area (Å²) in [5, 5.41) is 0.709. The second-order valence-corrected chi connectivity index (χ2v) is 7.27. The van der Waals surface area contributed by atoms with E-state index in [1.54, 1.807) is 18.2 Å². The molecule has 0 atom stereocenters. The van der Waals surface area contributed by atoms with Crippen LogP contribution in [0.5, 0.6) is 5.75 Å². The first kappa shape index (κ1) is 18.7. The van der Waals surface area contributed by atoms with E-state index in [2.05, 4.69) is 14.9 Å². The minimum Gasteiger partial charge on any atom is -0.491 e. The van der Waals surface area contributed by atoms with Crippen LogP contribution in [0.3, 0.4) is 0 Å². The Morgan fingerprint density at radius 1 is 1.14 bits per heavy atom. The molecule has 4 rings (SSSR count). The lowest BCUT2D eigenvalue weighted by molar-refractivity contribution is 0.165. The van der Waals surface area contributed by atoms with Crippen molar-refractivity contribution in [2.45, 2.75) is 12.8 Å². The molecule has 28 heavy (non-hydrogen) atoms. The van der Waals surface area contributed by atoms with Crippen LogP contribution in [0, 0.1) is 5.82 Å². The molecule has 0 aliphatic carbocycles. The monoisotopic (exact) mass is 401 g/mol. The second kappa shape index (κ2) is 7.77. The molecule has 6 nitrogen and oxygen atoms in total. The van der Waals surface area contributed by atoms with E-state index in [1.807, 2.05) is 0 Å². The molecule has 0 radical (unpaired) electrons. The van der Waals surface area contributed by atoms with E-state index in [9.17, 15) is 4.39 Å². The molecule has 1 fully saturated rings. The molecule has 1 aromatic heterocycles. The smallest absolute Gasteiger partial charge is 0.221 e. The molecule has 146 valence electrons. The van der Waals surface area contributed by atoms with Gasteiger partial charge in [-0.25, -0.2) is 14.4 Å². The number of nitrogens with zero attached hydrogens (tertiary/aromatic N) is 3.